The van der Waals surface area contributed by atoms with Gasteiger partial charge in [-0.2, -0.15) is 0 Å². The zero-order valence-electron chi connectivity index (χ0n) is 20.7. The van der Waals surface area contributed by atoms with E-state index in [4.69, 9.17) is 9.47 Å². The first-order valence-corrected chi connectivity index (χ1v) is 12.6. The summed E-state index contributed by atoms with van der Waals surface area (Å²) < 4.78 is 55.1. The molecule has 0 N–H and O–H groups in total. The predicted molar refractivity (Wildman–Crippen MR) is 134 cm³/mol. The molecule has 0 saturated heterocycles. The van der Waals surface area contributed by atoms with E-state index in [1.165, 1.54) is 12.1 Å². The molecule has 0 heterocycles. The third-order valence-electron chi connectivity index (χ3n) is 6.86. The molecule has 0 atom stereocenters. The van der Waals surface area contributed by atoms with Crippen LogP contribution in [0.4, 0.5) is 13.2 Å². The molecule has 190 valence electrons. The maximum absolute atomic E-state index is 15.0. The van der Waals surface area contributed by atoms with Crippen molar-refractivity contribution in [1.82, 2.24) is 0 Å². The monoisotopic (exact) mass is 496 g/mol. The van der Waals surface area contributed by atoms with Gasteiger partial charge in [0.25, 0.3) is 0 Å². The van der Waals surface area contributed by atoms with Crippen LogP contribution in [-0.2, 0) is 4.79 Å². The summed E-state index contributed by atoms with van der Waals surface area (Å²) >= 11 is 0. The lowest BCUT2D eigenvalue weighted by molar-refractivity contribution is -0.140. The Kier molecular flexibility index (Phi) is 8.34. The van der Waals surface area contributed by atoms with Crippen molar-refractivity contribution in [2.24, 2.45) is 5.92 Å². The van der Waals surface area contributed by atoms with Gasteiger partial charge in [-0.15, -0.1) is 0 Å². The third-order valence-corrected chi connectivity index (χ3v) is 6.86. The van der Waals surface area contributed by atoms with Crippen molar-refractivity contribution in [2.45, 2.75) is 58.3 Å². The summed E-state index contributed by atoms with van der Waals surface area (Å²) in [5, 5.41) is 0. The van der Waals surface area contributed by atoms with Crippen molar-refractivity contribution in [2.75, 3.05) is 6.61 Å². The summed E-state index contributed by atoms with van der Waals surface area (Å²) in [7, 11) is 0. The van der Waals surface area contributed by atoms with Gasteiger partial charge in [0, 0.05) is 11.6 Å². The fourth-order valence-corrected chi connectivity index (χ4v) is 4.66. The molecule has 36 heavy (non-hydrogen) atoms. The standard InChI is InChI=1S/C30H31F3O3/c1-3-4-17-35-23-13-16-27(26(31)18-23)36-30(34)22-11-9-21(10-12-22)25-15-14-24(28(32)29(25)33)20-7-5-19(2)6-8-20/h5-8,13-16,18,21-22H,3-4,9-12,17H2,1-2H3. The summed E-state index contributed by atoms with van der Waals surface area (Å²) in [6.45, 7) is 4.47. The zero-order chi connectivity index (χ0) is 25.7. The molecule has 3 aromatic carbocycles. The molecule has 0 spiro atoms. The lowest BCUT2D eigenvalue weighted by Crippen LogP contribution is -2.25. The molecule has 6 heteroatoms. The molecule has 1 saturated carbocycles. The van der Waals surface area contributed by atoms with E-state index >= 15 is 4.39 Å². The number of rotatable bonds is 8. The third kappa shape index (κ3) is 5.92. The number of esters is 1. The van der Waals surface area contributed by atoms with Crippen LogP contribution in [0.25, 0.3) is 11.1 Å². The van der Waals surface area contributed by atoms with E-state index in [1.807, 2.05) is 26.0 Å². The van der Waals surface area contributed by atoms with Gasteiger partial charge in [-0.1, -0.05) is 55.3 Å². The second kappa shape index (κ2) is 11.6. The van der Waals surface area contributed by atoms with Gasteiger partial charge in [-0.25, -0.2) is 13.2 Å². The van der Waals surface area contributed by atoms with Crippen LogP contribution < -0.4 is 9.47 Å². The highest BCUT2D eigenvalue weighted by Crippen LogP contribution is 2.39. The SMILES string of the molecule is CCCCOc1ccc(OC(=O)C2CCC(c3ccc(-c4ccc(C)cc4)c(F)c3F)CC2)c(F)c1. The maximum atomic E-state index is 15.0. The number of carbonyl (C=O) groups is 1. The lowest BCUT2D eigenvalue weighted by atomic mass is 9.78. The molecule has 0 radical (unpaired) electrons. The highest BCUT2D eigenvalue weighted by molar-refractivity contribution is 5.75. The average molecular weight is 497 g/mol. The average Bonchev–Trinajstić information content (AvgIpc) is 2.88. The Morgan fingerprint density at radius 3 is 2.31 bits per heavy atom. The minimum absolute atomic E-state index is 0.134. The summed E-state index contributed by atoms with van der Waals surface area (Å²) in [5.74, 6) is -3.19. The maximum Gasteiger partial charge on any atom is 0.314 e. The van der Waals surface area contributed by atoms with Crippen molar-refractivity contribution < 1.29 is 27.4 Å². The quantitative estimate of drug-likeness (QED) is 0.179. The first-order chi connectivity index (χ1) is 17.4. The number of hydrogen-bond acceptors (Lipinski definition) is 3. The second-order valence-corrected chi connectivity index (χ2v) is 9.46. The van der Waals surface area contributed by atoms with E-state index in [-0.39, 0.29) is 17.2 Å². The predicted octanol–water partition coefficient (Wildman–Crippen LogP) is 8.14. The minimum atomic E-state index is -0.851. The number of carbonyl (C=O) groups excluding carboxylic acids is 1. The van der Waals surface area contributed by atoms with Crippen molar-refractivity contribution in [3.63, 3.8) is 0 Å². The van der Waals surface area contributed by atoms with Gasteiger partial charge in [0.1, 0.15) is 5.75 Å². The van der Waals surface area contributed by atoms with Crippen molar-refractivity contribution >= 4 is 5.97 Å². The van der Waals surface area contributed by atoms with Crippen LogP contribution >= 0.6 is 0 Å². The van der Waals surface area contributed by atoms with Crippen LogP contribution in [0.5, 0.6) is 11.5 Å². The van der Waals surface area contributed by atoms with E-state index in [0.29, 0.717) is 49.2 Å². The Balaban J connectivity index is 1.36. The van der Waals surface area contributed by atoms with E-state index in [0.717, 1.165) is 18.4 Å². The van der Waals surface area contributed by atoms with Crippen molar-refractivity contribution in [3.05, 3.63) is 83.2 Å². The molecule has 0 amide bonds. The summed E-state index contributed by atoms with van der Waals surface area (Å²) in [4.78, 5) is 12.7. The van der Waals surface area contributed by atoms with E-state index in [1.54, 1.807) is 30.3 Å². The van der Waals surface area contributed by atoms with Gasteiger partial charge in [-0.05, 0) is 68.2 Å². The fraction of sp³-hybridized carbons (Fsp3) is 0.367. The molecule has 3 nitrogen and oxygen atoms in total. The number of aryl methyl sites for hydroxylation is 1. The van der Waals surface area contributed by atoms with Crippen LogP contribution in [0.15, 0.2) is 54.6 Å². The van der Waals surface area contributed by atoms with E-state index in [2.05, 4.69) is 0 Å². The summed E-state index contributed by atoms with van der Waals surface area (Å²) in [5.41, 5.74) is 2.24. The van der Waals surface area contributed by atoms with Crippen LogP contribution in [0.3, 0.4) is 0 Å². The summed E-state index contributed by atoms with van der Waals surface area (Å²) in [6.07, 6.45) is 3.81. The second-order valence-electron chi connectivity index (χ2n) is 9.46. The molecular formula is C30H31F3O3. The molecule has 1 aliphatic rings. The van der Waals surface area contributed by atoms with Crippen LogP contribution in [0.1, 0.15) is 62.5 Å². The molecule has 0 bridgehead atoms. The Morgan fingerprint density at radius 1 is 0.917 bits per heavy atom. The topological polar surface area (TPSA) is 35.5 Å². The highest BCUT2D eigenvalue weighted by atomic mass is 19.2. The molecular weight excluding hydrogens is 465 g/mol. The highest BCUT2D eigenvalue weighted by Gasteiger charge is 2.31. The summed E-state index contributed by atoms with van der Waals surface area (Å²) in [6, 6.07) is 14.7. The molecule has 0 aliphatic heterocycles. The Labute approximate surface area is 210 Å². The van der Waals surface area contributed by atoms with Crippen molar-refractivity contribution in [3.8, 4) is 22.6 Å². The number of halogens is 3. The van der Waals surface area contributed by atoms with Gasteiger partial charge in [0.15, 0.2) is 23.2 Å². The fourth-order valence-electron chi connectivity index (χ4n) is 4.66. The molecule has 3 aromatic rings. The molecule has 1 aliphatic carbocycles. The Bertz CT molecular complexity index is 1200. The zero-order valence-corrected chi connectivity index (χ0v) is 20.7. The van der Waals surface area contributed by atoms with Crippen LogP contribution in [0.2, 0.25) is 0 Å². The van der Waals surface area contributed by atoms with E-state index in [9.17, 15) is 13.6 Å². The number of ether oxygens (including phenoxy) is 2. The number of benzene rings is 3. The van der Waals surface area contributed by atoms with Gasteiger partial charge in [0.05, 0.1) is 12.5 Å². The first kappa shape index (κ1) is 25.8. The Hall–Kier alpha value is -3.28. The minimum Gasteiger partial charge on any atom is -0.493 e. The number of unbranched alkanes of at least 4 members (excludes halogenated alkanes) is 1. The first-order valence-electron chi connectivity index (χ1n) is 12.6. The van der Waals surface area contributed by atoms with Gasteiger partial charge < -0.3 is 9.47 Å². The molecule has 1 fully saturated rings. The van der Waals surface area contributed by atoms with Gasteiger partial charge in [-0.3, -0.25) is 4.79 Å². The molecule has 0 aromatic heterocycles. The Morgan fingerprint density at radius 2 is 1.64 bits per heavy atom. The molecule has 4 rings (SSSR count). The number of hydrogen-bond donors (Lipinski definition) is 0. The largest absolute Gasteiger partial charge is 0.493 e. The molecule has 0 unspecified atom stereocenters. The van der Waals surface area contributed by atoms with E-state index < -0.39 is 29.3 Å². The smallest absolute Gasteiger partial charge is 0.314 e. The van der Waals surface area contributed by atoms with Crippen molar-refractivity contribution in [1.29, 1.82) is 0 Å². The van der Waals surface area contributed by atoms with Crippen LogP contribution in [-0.4, -0.2) is 12.6 Å². The van der Waals surface area contributed by atoms with Gasteiger partial charge >= 0.3 is 5.97 Å². The normalized spacial score (nSPS) is 17.6. The van der Waals surface area contributed by atoms with Crippen LogP contribution in [0, 0.1) is 30.3 Å². The van der Waals surface area contributed by atoms with Gasteiger partial charge in [0.2, 0.25) is 0 Å². The lowest BCUT2D eigenvalue weighted by Gasteiger charge is -2.28.